The molecule has 1 heterocycles. The third-order valence-electron chi connectivity index (χ3n) is 2.26. The van der Waals surface area contributed by atoms with Crippen LogP contribution >= 0.6 is 23.2 Å². The van der Waals surface area contributed by atoms with Gasteiger partial charge in [-0.3, -0.25) is 4.79 Å². The summed E-state index contributed by atoms with van der Waals surface area (Å²) in [6, 6.07) is 6.12. The van der Waals surface area contributed by atoms with Gasteiger partial charge in [0.2, 0.25) is 11.7 Å². The number of halogens is 2. The molecule has 6 heteroatoms. The van der Waals surface area contributed by atoms with Gasteiger partial charge in [-0.15, -0.1) is 0 Å². The number of rotatable bonds is 3. The Morgan fingerprint density at radius 2 is 2.00 bits per heavy atom. The molecule has 4 nitrogen and oxygen atoms in total. The molecule has 0 radical (unpaired) electrons. The number of hydrogen-bond acceptors (Lipinski definition) is 4. The number of ether oxygens (including phenoxy) is 1. The lowest BCUT2D eigenvalue weighted by atomic mass is 10.1. The Hall–Kier alpha value is -1.65. The fourth-order valence-electron chi connectivity index (χ4n) is 1.38. The number of carbonyl (C=O) groups excluding carboxylic acids is 1. The van der Waals surface area contributed by atoms with E-state index in [0.29, 0.717) is 21.5 Å². The Labute approximate surface area is 114 Å². The van der Waals surface area contributed by atoms with Crippen molar-refractivity contribution in [2.75, 3.05) is 7.11 Å². The molecule has 92 valence electrons. The Bertz CT molecular complexity index is 602. The third-order valence-corrected chi connectivity index (χ3v) is 2.82. The first-order chi connectivity index (χ1) is 8.61. The van der Waals surface area contributed by atoms with E-state index in [9.17, 15) is 4.79 Å². The molecule has 0 aliphatic rings. The van der Waals surface area contributed by atoms with Gasteiger partial charge < -0.3 is 4.74 Å². The second-order valence-corrected chi connectivity index (χ2v) is 4.24. The number of carbonyl (C=O) groups is 1. The van der Waals surface area contributed by atoms with E-state index in [4.69, 9.17) is 27.9 Å². The minimum absolute atomic E-state index is 0.200. The van der Waals surface area contributed by atoms with Crippen molar-refractivity contribution in [3.63, 3.8) is 0 Å². The van der Waals surface area contributed by atoms with Gasteiger partial charge in [-0.1, -0.05) is 23.2 Å². The summed E-state index contributed by atoms with van der Waals surface area (Å²) < 4.78 is 4.93. The summed E-state index contributed by atoms with van der Waals surface area (Å²) in [7, 11) is 1.46. The predicted molar refractivity (Wildman–Crippen MR) is 68.5 cm³/mol. The standard InChI is InChI=1S/C12H8Cl2N2O2/c1-18-11-5-10(15-6-16-11)12(17)8-4-7(13)2-3-9(8)14/h2-6H,1H3. The van der Waals surface area contributed by atoms with Gasteiger partial charge in [0.25, 0.3) is 0 Å². The first-order valence-electron chi connectivity index (χ1n) is 4.97. The zero-order chi connectivity index (χ0) is 13.1. The van der Waals surface area contributed by atoms with E-state index >= 15 is 0 Å². The molecule has 1 aromatic carbocycles. The maximum Gasteiger partial charge on any atom is 0.216 e. The van der Waals surface area contributed by atoms with Gasteiger partial charge in [0.05, 0.1) is 12.1 Å². The monoisotopic (exact) mass is 282 g/mol. The van der Waals surface area contributed by atoms with Crippen LogP contribution in [-0.2, 0) is 0 Å². The van der Waals surface area contributed by atoms with Crippen molar-refractivity contribution < 1.29 is 9.53 Å². The van der Waals surface area contributed by atoms with Crippen LogP contribution in [0.1, 0.15) is 16.1 Å². The average Bonchev–Trinajstić information content (AvgIpc) is 2.41. The number of nitrogens with zero attached hydrogens (tertiary/aromatic N) is 2. The van der Waals surface area contributed by atoms with Crippen molar-refractivity contribution in [1.82, 2.24) is 9.97 Å². The van der Waals surface area contributed by atoms with Crippen molar-refractivity contribution in [3.8, 4) is 5.88 Å². The van der Waals surface area contributed by atoms with Crippen LogP contribution in [-0.4, -0.2) is 22.9 Å². The van der Waals surface area contributed by atoms with Gasteiger partial charge in [-0.05, 0) is 18.2 Å². The number of hydrogen-bond donors (Lipinski definition) is 0. The molecular weight excluding hydrogens is 275 g/mol. The van der Waals surface area contributed by atoms with Crippen molar-refractivity contribution >= 4 is 29.0 Å². The number of methoxy groups -OCH3 is 1. The van der Waals surface area contributed by atoms with Crippen molar-refractivity contribution in [2.24, 2.45) is 0 Å². The highest BCUT2D eigenvalue weighted by Crippen LogP contribution is 2.23. The molecule has 2 aromatic rings. The highest BCUT2D eigenvalue weighted by atomic mass is 35.5. The van der Waals surface area contributed by atoms with Crippen LogP contribution in [0.5, 0.6) is 5.88 Å². The summed E-state index contributed by atoms with van der Waals surface area (Å²) in [5.41, 5.74) is 0.496. The second-order valence-electron chi connectivity index (χ2n) is 3.40. The molecule has 0 amide bonds. The Morgan fingerprint density at radius 3 is 2.72 bits per heavy atom. The smallest absolute Gasteiger partial charge is 0.216 e. The van der Waals surface area contributed by atoms with Crippen LogP contribution in [0.4, 0.5) is 0 Å². The van der Waals surface area contributed by atoms with Gasteiger partial charge in [-0.25, -0.2) is 9.97 Å². The van der Waals surface area contributed by atoms with Crippen LogP contribution in [0.2, 0.25) is 10.0 Å². The van der Waals surface area contributed by atoms with E-state index in [1.807, 2.05) is 0 Å². The van der Waals surface area contributed by atoms with Crippen molar-refractivity contribution in [1.29, 1.82) is 0 Å². The summed E-state index contributed by atoms with van der Waals surface area (Å²) in [6.07, 6.45) is 1.25. The molecule has 18 heavy (non-hydrogen) atoms. The van der Waals surface area contributed by atoms with Gasteiger partial charge in [0.15, 0.2) is 0 Å². The molecule has 0 spiro atoms. The Kier molecular flexibility index (Phi) is 3.79. The number of aromatic nitrogens is 2. The molecule has 0 fully saturated rings. The lowest BCUT2D eigenvalue weighted by molar-refractivity contribution is 0.103. The minimum atomic E-state index is -0.330. The Morgan fingerprint density at radius 1 is 1.22 bits per heavy atom. The largest absolute Gasteiger partial charge is 0.481 e. The summed E-state index contributed by atoms with van der Waals surface area (Å²) in [5.74, 6) is -0.0188. The lowest BCUT2D eigenvalue weighted by Gasteiger charge is -2.04. The summed E-state index contributed by atoms with van der Waals surface area (Å²) in [4.78, 5) is 19.9. The van der Waals surface area contributed by atoms with Gasteiger partial charge in [0, 0.05) is 16.7 Å². The van der Waals surface area contributed by atoms with Gasteiger partial charge >= 0.3 is 0 Å². The van der Waals surface area contributed by atoms with E-state index in [1.165, 1.54) is 25.6 Å². The quantitative estimate of drug-likeness (QED) is 0.812. The molecule has 0 N–H and O–H groups in total. The zero-order valence-electron chi connectivity index (χ0n) is 9.35. The third kappa shape index (κ3) is 2.60. The first kappa shape index (κ1) is 12.8. The highest BCUT2D eigenvalue weighted by molar-refractivity contribution is 6.36. The summed E-state index contributed by atoms with van der Waals surface area (Å²) in [5, 5.41) is 0.755. The molecule has 0 saturated carbocycles. The van der Waals surface area contributed by atoms with Crippen molar-refractivity contribution in [2.45, 2.75) is 0 Å². The molecule has 0 atom stereocenters. The molecule has 0 unspecified atom stereocenters. The molecule has 1 aromatic heterocycles. The van der Waals surface area contributed by atoms with E-state index < -0.39 is 0 Å². The molecule has 2 rings (SSSR count). The first-order valence-corrected chi connectivity index (χ1v) is 5.73. The summed E-state index contributed by atoms with van der Waals surface area (Å²) in [6.45, 7) is 0. The van der Waals surface area contributed by atoms with Crippen LogP contribution in [0.3, 0.4) is 0 Å². The van der Waals surface area contributed by atoms with Crippen molar-refractivity contribution in [3.05, 3.63) is 51.9 Å². The fourth-order valence-corrected chi connectivity index (χ4v) is 1.76. The number of ketones is 1. The maximum absolute atomic E-state index is 12.2. The van der Waals surface area contributed by atoms with Crippen LogP contribution < -0.4 is 4.74 Å². The molecule has 0 aliphatic carbocycles. The summed E-state index contributed by atoms with van der Waals surface area (Å²) >= 11 is 11.8. The van der Waals surface area contributed by atoms with E-state index in [1.54, 1.807) is 12.1 Å². The molecule has 0 saturated heterocycles. The minimum Gasteiger partial charge on any atom is -0.481 e. The van der Waals surface area contributed by atoms with Crippen LogP contribution in [0.25, 0.3) is 0 Å². The predicted octanol–water partition coefficient (Wildman–Crippen LogP) is 3.02. The van der Waals surface area contributed by atoms with Gasteiger partial charge in [0.1, 0.15) is 12.0 Å². The zero-order valence-corrected chi connectivity index (χ0v) is 10.9. The second kappa shape index (κ2) is 5.33. The molecule has 0 bridgehead atoms. The van der Waals surface area contributed by atoms with Crippen LogP contribution in [0.15, 0.2) is 30.6 Å². The highest BCUT2D eigenvalue weighted by Gasteiger charge is 2.15. The van der Waals surface area contributed by atoms with E-state index in [2.05, 4.69) is 9.97 Å². The van der Waals surface area contributed by atoms with E-state index in [0.717, 1.165) is 0 Å². The van der Waals surface area contributed by atoms with Gasteiger partial charge in [-0.2, -0.15) is 0 Å². The Balaban J connectivity index is 2.44. The lowest BCUT2D eigenvalue weighted by Crippen LogP contribution is -2.06. The average molecular weight is 283 g/mol. The maximum atomic E-state index is 12.2. The van der Waals surface area contributed by atoms with Crippen LogP contribution in [0, 0.1) is 0 Å². The SMILES string of the molecule is COc1cc(C(=O)c2cc(Cl)ccc2Cl)ncn1. The molecular formula is C12H8Cl2N2O2. The van der Waals surface area contributed by atoms with E-state index in [-0.39, 0.29) is 11.5 Å². The number of benzene rings is 1. The normalized spacial score (nSPS) is 10.2. The topological polar surface area (TPSA) is 52.1 Å². The fraction of sp³-hybridized carbons (Fsp3) is 0.0833. The molecule has 0 aliphatic heterocycles.